The van der Waals surface area contributed by atoms with Crippen molar-refractivity contribution >= 4 is 22.8 Å². The summed E-state index contributed by atoms with van der Waals surface area (Å²) < 4.78 is 0. The first-order valence-electron chi connectivity index (χ1n) is 5.00. The smallest absolute Gasteiger partial charge is 0.292 e. The van der Waals surface area contributed by atoms with Crippen LogP contribution in [-0.2, 0) is 9.78 Å². The maximum absolute atomic E-state index is 11.7. The fraction of sp³-hybridized carbons (Fsp3) is 0.333. The molecular weight excluding hydrogens is 244 g/mol. The van der Waals surface area contributed by atoms with E-state index in [1.807, 2.05) is 0 Å². The Labute approximate surface area is 104 Å². The predicted octanol–water partition coefficient (Wildman–Crippen LogP) is 2.95. The Kier molecular flexibility index (Phi) is 4.26. The van der Waals surface area contributed by atoms with Crippen LogP contribution in [0.5, 0.6) is 0 Å². The molecule has 0 bridgehead atoms. The van der Waals surface area contributed by atoms with Crippen LogP contribution in [0.25, 0.3) is 0 Å². The van der Waals surface area contributed by atoms with Crippen molar-refractivity contribution in [3.05, 3.63) is 35.4 Å². The van der Waals surface area contributed by atoms with Gasteiger partial charge in [-0.15, -0.1) is 0 Å². The van der Waals surface area contributed by atoms with E-state index in [0.29, 0.717) is 0 Å². The molecule has 0 aliphatic rings. The minimum absolute atomic E-state index is 0.0803. The molecule has 1 aromatic rings. The summed E-state index contributed by atoms with van der Waals surface area (Å²) in [7, 11) is 0. The van der Waals surface area contributed by atoms with Gasteiger partial charge in [0.1, 0.15) is 5.60 Å². The van der Waals surface area contributed by atoms with Crippen molar-refractivity contribution in [2.75, 3.05) is 0 Å². The van der Waals surface area contributed by atoms with Crippen LogP contribution in [0, 0.1) is 0 Å². The molecule has 1 rings (SSSR count). The molecule has 0 radical (unpaired) electrons. The Morgan fingerprint density at radius 3 is 2.12 bits per heavy atom. The monoisotopic (exact) mass is 256 g/mol. The third-order valence-electron chi connectivity index (χ3n) is 1.73. The van der Waals surface area contributed by atoms with Gasteiger partial charge in [0.15, 0.2) is 0 Å². The number of rotatable bonds is 3. The van der Waals surface area contributed by atoms with Gasteiger partial charge >= 0.3 is 5.97 Å². The van der Waals surface area contributed by atoms with Crippen LogP contribution >= 0.6 is 11.6 Å². The van der Waals surface area contributed by atoms with E-state index in [0.717, 1.165) is 0 Å². The van der Waals surface area contributed by atoms with Gasteiger partial charge in [0, 0.05) is 5.56 Å². The van der Waals surface area contributed by atoms with Crippen molar-refractivity contribution in [2.45, 2.75) is 26.4 Å². The molecule has 0 saturated carbocycles. The van der Waals surface area contributed by atoms with Gasteiger partial charge in [-0.3, -0.25) is 9.68 Å². The summed E-state index contributed by atoms with van der Waals surface area (Å²) in [4.78, 5) is 32.3. The molecule has 1 aromatic carbocycles. The van der Waals surface area contributed by atoms with Crippen LogP contribution in [0.1, 0.15) is 41.5 Å². The number of halogens is 1. The molecule has 0 unspecified atom stereocenters. The third kappa shape index (κ3) is 4.17. The second-order valence-corrected chi connectivity index (χ2v) is 4.73. The summed E-state index contributed by atoms with van der Waals surface area (Å²) >= 11 is 5.35. The fourth-order valence-electron chi connectivity index (χ4n) is 1.04. The summed E-state index contributed by atoms with van der Waals surface area (Å²) in [6.07, 6.45) is 0. The third-order valence-corrected chi connectivity index (χ3v) is 1.93. The number of benzene rings is 1. The topological polar surface area (TPSA) is 52.6 Å². The van der Waals surface area contributed by atoms with Gasteiger partial charge < -0.3 is 0 Å². The van der Waals surface area contributed by atoms with Crippen molar-refractivity contribution in [3.63, 3.8) is 0 Å². The molecule has 17 heavy (non-hydrogen) atoms. The molecule has 0 saturated heterocycles. The number of carbonyl (C=O) groups excluding carboxylic acids is 2. The maximum atomic E-state index is 11.7. The molecular formula is C12H13ClO4. The largest absolute Gasteiger partial charge is 0.373 e. The maximum Gasteiger partial charge on any atom is 0.373 e. The van der Waals surface area contributed by atoms with E-state index in [2.05, 4.69) is 4.89 Å². The molecule has 0 atom stereocenters. The minimum Gasteiger partial charge on any atom is -0.292 e. The first-order chi connectivity index (χ1) is 7.81. The number of hydrogen-bond donors (Lipinski definition) is 0. The summed E-state index contributed by atoms with van der Waals surface area (Å²) in [5.41, 5.74) is -0.441. The lowest BCUT2D eigenvalue weighted by Gasteiger charge is -2.16. The molecule has 0 aliphatic carbocycles. The fourth-order valence-corrected chi connectivity index (χ4v) is 1.21. The highest BCUT2D eigenvalue weighted by molar-refractivity contribution is 6.68. The molecule has 0 fully saturated rings. The molecule has 4 nitrogen and oxygen atoms in total. The van der Waals surface area contributed by atoms with E-state index in [1.165, 1.54) is 12.1 Å². The van der Waals surface area contributed by atoms with E-state index in [4.69, 9.17) is 16.5 Å². The van der Waals surface area contributed by atoms with E-state index < -0.39 is 16.8 Å². The van der Waals surface area contributed by atoms with Crippen LogP contribution in [0.2, 0.25) is 0 Å². The zero-order chi connectivity index (χ0) is 13.1. The SMILES string of the molecule is CC(C)(C)OOC(=O)c1ccccc1C(=O)Cl. The Morgan fingerprint density at radius 1 is 1.12 bits per heavy atom. The van der Waals surface area contributed by atoms with E-state index in [1.54, 1.807) is 32.9 Å². The Morgan fingerprint density at radius 2 is 1.65 bits per heavy atom. The van der Waals surface area contributed by atoms with Gasteiger partial charge in [0.2, 0.25) is 0 Å². The van der Waals surface area contributed by atoms with Gasteiger partial charge in [-0.25, -0.2) is 4.79 Å². The van der Waals surface area contributed by atoms with Gasteiger partial charge in [-0.1, -0.05) is 12.1 Å². The highest BCUT2D eigenvalue weighted by Crippen LogP contribution is 2.15. The van der Waals surface area contributed by atoms with Crippen molar-refractivity contribution in [1.82, 2.24) is 0 Å². The Balaban J connectivity index is 2.86. The highest BCUT2D eigenvalue weighted by Gasteiger charge is 2.20. The number of hydrogen-bond acceptors (Lipinski definition) is 4. The summed E-state index contributed by atoms with van der Waals surface area (Å²) in [6.45, 7) is 5.21. The molecule has 0 aliphatic heterocycles. The standard InChI is InChI=1S/C12H13ClO4/c1-12(2,3)17-16-11(15)9-7-5-4-6-8(9)10(13)14/h4-7H,1-3H3. The van der Waals surface area contributed by atoms with E-state index in [9.17, 15) is 9.59 Å². The van der Waals surface area contributed by atoms with Gasteiger partial charge in [-0.05, 0) is 44.5 Å². The zero-order valence-electron chi connectivity index (χ0n) is 9.82. The van der Waals surface area contributed by atoms with Gasteiger partial charge in [0.25, 0.3) is 5.24 Å². The summed E-state index contributed by atoms with van der Waals surface area (Å²) in [5, 5.41) is -0.715. The predicted molar refractivity (Wildman–Crippen MR) is 62.9 cm³/mol. The van der Waals surface area contributed by atoms with Crippen LogP contribution in [0.4, 0.5) is 0 Å². The molecule has 0 spiro atoms. The van der Waals surface area contributed by atoms with Crippen LogP contribution < -0.4 is 0 Å². The zero-order valence-corrected chi connectivity index (χ0v) is 10.6. The molecule has 5 heteroatoms. The molecule has 0 aromatic heterocycles. The van der Waals surface area contributed by atoms with E-state index >= 15 is 0 Å². The van der Waals surface area contributed by atoms with Gasteiger partial charge in [0.05, 0.1) is 5.56 Å². The Bertz CT molecular complexity index is 434. The lowest BCUT2D eigenvalue weighted by Crippen LogP contribution is -2.22. The lowest BCUT2D eigenvalue weighted by molar-refractivity contribution is -0.301. The van der Waals surface area contributed by atoms with Crippen molar-refractivity contribution < 1.29 is 19.4 Å². The quantitative estimate of drug-likeness (QED) is 0.474. The Hall–Kier alpha value is -1.39. The van der Waals surface area contributed by atoms with Gasteiger partial charge in [-0.2, -0.15) is 4.89 Å². The first-order valence-corrected chi connectivity index (χ1v) is 5.38. The summed E-state index contributed by atoms with van der Waals surface area (Å²) in [5.74, 6) is -0.746. The van der Waals surface area contributed by atoms with Crippen LogP contribution in [-0.4, -0.2) is 16.8 Å². The molecule has 0 N–H and O–H groups in total. The second kappa shape index (κ2) is 5.29. The average Bonchev–Trinajstić information content (AvgIpc) is 2.25. The number of carbonyl (C=O) groups is 2. The highest BCUT2D eigenvalue weighted by atomic mass is 35.5. The normalized spacial score (nSPS) is 11.1. The molecule has 0 heterocycles. The van der Waals surface area contributed by atoms with Crippen molar-refractivity contribution in [1.29, 1.82) is 0 Å². The molecule has 0 amide bonds. The second-order valence-electron chi connectivity index (χ2n) is 4.39. The van der Waals surface area contributed by atoms with Crippen LogP contribution in [0.3, 0.4) is 0 Å². The summed E-state index contributed by atoms with van der Waals surface area (Å²) in [6, 6.07) is 6.11. The molecule has 92 valence electrons. The van der Waals surface area contributed by atoms with E-state index in [-0.39, 0.29) is 11.1 Å². The first kappa shape index (κ1) is 13.7. The minimum atomic E-state index is -0.746. The lowest BCUT2D eigenvalue weighted by atomic mass is 10.1. The van der Waals surface area contributed by atoms with Crippen molar-refractivity contribution in [3.8, 4) is 0 Å². The average molecular weight is 257 g/mol. The van der Waals surface area contributed by atoms with Crippen LogP contribution in [0.15, 0.2) is 24.3 Å². The van der Waals surface area contributed by atoms with Crippen molar-refractivity contribution in [2.24, 2.45) is 0 Å².